The van der Waals surface area contributed by atoms with Crippen LogP contribution in [0.3, 0.4) is 0 Å². The Morgan fingerprint density at radius 1 is 1.10 bits per heavy atom. The van der Waals surface area contributed by atoms with Gasteiger partial charge in [0.15, 0.2) is 0 Å². The van der Waals surface area contributed by atoms with Gasteiger partial charge in [0.2, 0.25) is 17.7 Å². The normalized spacial score (nSPS) is 21.6. The lowest BCUT2D eigenvalue weighted by Crippen LogP contribution is -2.46. The lowest BCUT2D eigenvalue weighted by atomic mass is 9.95. The first-order valence-corrected chi connectivity index (χ1v) is 10.1. The maximum atomic E-state index is 13.5. The molecule has 2 unspecified atom stereocenters. The minimum Gasteiger partial charge on any atom is -0.342 e. The van der Waals surface area contributed by atoms with Gasteiger partial charge < -0.3 is 15.1 Å². The fourth-order valence-corrected chi connectivity index (χ4v) is 4.08. The Morgan fingerprint density at radius 2 is 1.97 bits per heavy atom. The van der Waals surface area contributed by atoms with Crippen LogP contribution in [0.25, 0.3) is 0 Å². The first-order chi connectivity index (χ1) is 14.5. The van der Waals surface area contributed by atoms with Crippen molar-refractivity contribution in [3.8, 4) is 0 Å². The summed E-state index contributed by atoms with van der Waals surface area (Å²) in [6.07, 6.45) is 3.12. The maximum Gasteiger partial charge on any atom is 0.230 e. The molecule has 1 N–H and O–H groups in total. The van der Waals surface area contributed by atoms with E-state index in [1.165, 1.54) is 17.0 Å². The molecule has 0 radical (unpaired) electrons. The Hall–Kier alpha value is -3.29. The highest BCUT2D eigenvalue weighted by atomic mass is 19.1. The first kappa shape index (κ1) is 20.0. The number of hydrogen-bond acceptors (Lipinski definition) is 4. The van der Waals surface area contributed by atoms with Crippen LogP contribution < -0.4 is 10.2 Å². The summed E-state index contributed by atoms with van der Waals surface area (Å²) in [5.74, 6) is -1.22. The van der Waals surface area contributed by atoms with Gasteiger partial charge in [-0.25, -0.2) is 9.37 Å². The fourth-order valence-electron chi connectivity index (χ4n) is 4.08. The number of aromatic nitrogens is 1. The van der Waals surface area contributed by atoms with E-state index in [-0.39, 0.29) is 36.6 Å². The van der Waals surface area contributed by atoms with Crippen LogP contribution in [0, 0.1) is 17.7 Å². The molecule has 8 heteroatoms. The molecule has 1 aromatic carbocycles. The zero-order chi connectivity index (χ0) is 21.1. The highest BCUT2D eigenvalue weighted by Crippen LogP contribution is 2.28. The van der Waals surface area contributed by atoms with E-state index >= 15 is 0 Å². The molecule has 2 aromatic rings. The second-order valence-corrected chi connectivity index (χ2v) is 7.71. The van der Waals surface area contributed by atoms with E-state index in [1.807, 2.05) is 0 Å². The van der Waals surface area contributed by atoms with Crippen molar-refractivity contribution in [3.63, 3.8) is 0 Å². The van der Waals surface area contributed by atoms with Gasteiger partial charge in [0, 0.05) is 37.9 Å². The van der Waals surface area contributed by atoms with Gasteiger partial charge in [-0.2, -0.15) is 0 Å². The van der Waals surface area contributed by atoms with Gasteiger partial charge >= 0.3 is 0 Å². The molecule has 2 saturated heterocycles. The summed E-state index contributed by atoms with van der Waals surface area (Å²) in [7, 11) is 0. The lowest BCUT2D eigenvalue weighted by molar-refractivity contribution is -0.138. The van der Waals surface area contributed by atoms with E-state index in [2.05, 4.69) is 10.3 Å². The van der Waals surface area contributed by atoms with Crippen molar-refractivity contribution in [1.29, 1.82) is 0 Å². The van der Waals surface area contributed by atoms with Crippen molar-refractivity contribution in [1.82, 2.24) is 9.88 Å². The van der Waals surface area contributed by atoms with Gasteiger partial charge in [0.25, 0.3) is 0 Å². The number of likely N-dealkylation sites (tertiary alicyclic amines) is 1. The maximum absolute atomic E-state index is 13.5. The Labute approximate surface area is 173 Å². The molecule has 3 amide bonds. The lowest BCUT2D eigenvalue weighted by Gasteiger charge is -2.33. The van der Waals surface area contributed by atoms with Crippen molar-refractivity contribution in [2.75, 3.05) is 29.9 Å². The fraction of sp³-hybridized carbons (Fsp3) is 0.364. The average molecular weight is 410 g/mol. The third-order valence-electron chi connectivity index (χ3n) is 5.61. The number of pyridine rings is 1. The summed E-state index contributed by atoms with van der Waals surface area (Å²) in [4.78, 5) is 45.3. The van der Waals surface area contributed by atoms with Crippen LogP contribution in [0.1, 0.15) is 19.3 Å². The van der Waals surface area contributed by atoms with Gasteiger partial charge in [0.05, 0.1) is 11.8 Å². The number of amides is 3. The summed E-state index contributed by atoms with van der Waals surface area (Å²) >= 11 is 0. The molecule has 30 heavy (non-hydrogen) atoms. The summed E-state index contributed by atoms with van der Waals surface area (Å²) in [5, 5.41) is 2.80. The molecule has 3 heterocycles. The third kappa shape index (κ3) is 4.32. The number of piperidine rings is 1. The molecule has 4 rings (SSSR count). The molecular formula is C22H23FN4O3. The number of nitrogens with one attached hydrogen (secondary N) is 1. The highest BCUT2D eigenvalue weighted by Gasteiger charge is 2.39. The number of nitrogens with zero attached hydrogens (tertiary/aromatic N) is 3. The van der Waals surface area contributed by atoms with E-state index in [4.69, 9.17) is 0 Å². The molecule has 0 saturated carbocycles. The number of halogens is 1. The van der Waals surface area contributed by atoms with Crippen molar-refractivity contribution < 1.29 is 18.8 Å². The number of hydrogen-bond donors (Lipinski definition) is 1. The minimum atomic E-state index is -0.488. The Morgan fingerprint density at radius 3 is 2.73 bits per heavy atom. The van der Waals surface area contributed by atoms with Gasteiger partial charge in [-0.05, 0) is 43.2 Å². The van der Waals surface area contributed by atoms with E-state index in [0.29, 0.717) is 31.0 Å². The highest BCUT2D eigenvalue weighted by molar-refractivity contribution is 6.00. The average Bonchev–Trinajstić information content (AvgIpc) is 3.15. The summed E-state index contributed by atoms with van der Waals surface area (Å²) in [6, 6.07) is 11.1. The SMILES string of the molecule is O=C(Nc1ccccn1)C1CCCN(C(=O)C2CC(=O)N(c3cccc(F)c3)C2)C1. The predicted molar refractivity (Wildman–Crippen MR) is 109 cm³/mol. The Bertz CT molecular complexity index is 952. The molecule has 7 nitrogen and oxygen atoms in total. The molecular weight excluding hydrogens is 387 g/mol. The second kappa shape index (κ2) is 8.61. The van der Waals surface area contributed by atoms with Crippen molar-refractivity contribution in [3.05, 3.63) is 54.5 Å². The third-order valence-corrected chi connectivity index (χ3v) is 5.61. The van der Waals surface area contributed by atoms with Crippen LogP contribution in [0.2, 0.25) is 0 Å². The Balaban J connectivity index is 1.38. The molecule has 2 atom stereocenters. The number of carbonyl (C=O) groups is 3. The monoisotopic (exact) mass is 410 g/mol. The number of carbonyl (C=O) groups excluding carboxylic acids is 3. The van der Waals surface area contributed by atoms with Crippen molar-refractivity contribution >= 4 is 29.2 Å². The van der Waals surface area contributed by atoms with Crippen LogP contribution >= 0.6 is 0 Å². The van der Waals surface area contributed by atoms with Crippen LogP contribution in [0.5, 0.6) is 0 Å². The molecule has 0 aliphatic carbocycles. The van der Waals surface area contributed by atoms with Crippen LogP contribution in [-0.4, -0.2) is 47.2 Å². The van der Waals surface area contributed by atoms with Crippen LogP contribution in [0.4, 0.5) is 15.9 Å². The number of benzene rings is 1. The van der Waals surface area contributed by atoms with E-state index in [1.54, 1.807) is 41.4 Å². The molecule has 2 aliphatic heterocycles. The van der Waals surface area contributed by atoms with Crippen LogP contribution in [0.15, 0.2) is 48.7 Å². The topological polar surface area (TPSA) is 82.6 Å². The smallest absolute Gasteiger partial charge is 0.230 e. The van der Waals surface area contributed by atoms with Gasteiger partial charge in [-0.1, -0.05) is 12.1 Å². The van der Waals surface area contributed by atoms with Gasteiger partial charge in [-0.3, -0.25) is 14.4 Å². The predicted octanol–water partition coefficient (Wildman–Crippen LogP) is 2.45. The quantitative estimate of drug-likeness (QED) is 0.839. The minimum absolute atomic E-state index is 0.0939. The van der Waals surface area contributed by atoms with Gasteiger partial charge in [-0.15, -0.1) is 0 Å². The zero-order valence-corrected chi connectivity index (χ0v) is 16.5. The summed E-state index contributed by atoms with van der Waals surface area (Å²) in [5.41, 5.74) is 0.460. The van der Waals surface area contributed by atoms with Gasteiger partial charge in [0.1, 0.15) is 11.6 Å². The van der Waals surface area contributed by atoms with Crippen molar-refractivity contribution in [2.45, 2.75) is 19.3 Å². The number of rotatable bonds is 4. The molecule has 0 spiro atoms. The Kier molecular flexibility index (Phi) is 5.74. The standard InChI is InChI=1S/C22H23FN4O3/c23-17-6-3-7-18(12-17)27-14-16(11-20(27)28)22(30)26-10-4-5-15(13-26)21(29)25-19-8-1-2-9-24-19/h1-3,6-9,12,15-16H,4-5,10-11,13-14H2,(H,24,25,29). The molecule has 1 aromatic heterocycles. The van der Waals surface area contributed by atoms with E-state index in [0.717, 1.165) is 6.42 Å². The largest absolute Gasteiger partial charge is 0.342 e. The molecule has 156 valence electrons. The summed E-state index contributed by atoms with van der Waals surface area (Å²) in [6.45, 7) is 1.11. The number of anilines is 2. The first-order valence-electron chi connectivity index (χ1n) is 10.1. The van der Waals surface area contributed by atoms with Crippen LogP contribution in [-0.2, 0) is 14.4 Å². The van der Waals surface area contributed by atoms with E-state index < -0.39 is 11.7 Å². The van der Waals surface area contributed by atoms with Crippen molar-refractivity contribution in [2.24, 2.45) is 11.8 Å². The second-order valence-electron chi connectivity index (χ2n) is 7.71. The zero-order valence-electron chi connectivity index (χ0n) is 16.5. The molecule has 2 fully saturated rings. The molecule has 0 bridgehead atoms. The molecule has 2 aliphatic rings. The summed E-state index contributed by atoms with van der Waals surface area (Å²) < 4.78 is 13.5. The van der Waals surface area contributed by atoms with E-state index in [9.17, 15) is 18.8 Å².